The summed E-state index contributed by atoms with van der Waals surface area (Å²) in [5, 5.41) is 0. The quantitative estimate of drug-likeness (QED) is 0.544. The van der Waals surface area contributed by atoms with Gasteiger partial charge >= 0.3 is 0 Å². The van der Waals surface area contributed by atoms with Gasteiger partial charge < -0.3 is 0 Å². The summed E-state index contributed by atoms with van der Waals surface area (Å²) in [6.07, 6.45) is 12.0. The highest BCUT2D eigenvalue weighted by Crippen LogP contribution is 2.06. The second-order valence-electron chi connectivity index (χ2n) is 3.15. The van der Waals surface area contributed by atoms with E-state index in [9.17, 15) is 0 Å². The third kappa shape index (κ3) is 11.0. The van der Waals surface area contributed by atoms with Gasteiger partial charge in [-0.2, -0.15) is 0 Å². The lowest BCUT2D eigenvalue weighted by Crippen LogP contribution is -1.72. The van der Waals surface area contributed by atoms with Crippen molar-refractivity contribution in [2.75, 3.05) is 0 Å². The van der Waals surface area contributed by atoms with Gasteiger partial charge in [0.1, 0.15) is 0 Å². The van der Waals surface area contributed by atoms with Gasteiger partial charge in [0.2, 0.25) is 0 Å². The Morgan fingerprint density at radius 2 is 1.53 bits per heavy atom. The van der Waals surface area contributed by atoms with Gasteiger partial charge in [-0.15, -0.1) is 0 Å². The molecule has 0 aliphatic heterocycles. The Hall–Kier alpha value is -1.82. The molecule has 0 amide bonds. The van der Waals surface area contributed by atoms with Crippen molar-refractivity contribution in [3.63, 3.8) is 0 Å². The highest BCUT2D eigenvalue weighted by Gasteiger charge is 1.85. The molecule has 0 atom stereocenters. The molecule has 0 aromatic heterocycles. The molecule has 0 spiro atoms. The predicted octanol–water partition coefficient (Wildman–Crippen LogP) is 6.44. The van der Waals surface area contributed by atoms with Crippen LogP contribution in [0.4, 0.5) is 0 Å². The number of allylic oxidation sites excluding steroid dienone is 6. The van der Waals surface area contributed by atoms with Crippen LogP contribution in [0.5, 0.6) is 0 Å². The highest BCUT2D eigenvalue weighted by atomic mass is 13.9. The molecule has 0 heteroatoms. The van der Waals surface area contributed by atoms with Crippen molar-refractivity contribution in [2.45, 2.75) is 34.6 Å². The van der Waals surface area contributed by atoms with Gasteiger partial charge in [-0.1, -0.05) is 101 Å². The average molecular weight is 256 g/mol. The molecule has 0 heterocycles. The van der Waals surface area contributed by atoms with E-state index >= 15 is 0 Å². The maximum Gasteiger partial charge on any atom is -0.0256 e. The summed E-state index contributed by atoms with van der Waals surface area (Å²) in [5.74, 6) is 0. The third-order valence-electron chi connectivity index (χ3n) is 1.94. The summed E-state index contributed by atoms with van der Waals surface area (Å²) >= 11 is 0. The zero-order valence-electron chi connectivity index (χ0n) is 13.1. The van der Waals surface area contributed by atoms with Gasteiger partial charge in [-0.3, -0.25) is 0 Å². The summed E-state index contributed by atoms with van der Waals surface area (Å²) in [6.45, 7) is 13.7. The van der Waals surface area contributed by atoms with Crippen LogP contribution in [0.3, 0.4) is 0 Å². The average Bonchev–Trinajstić information content (AvgIpc) is 2.50. The fourth-order valence-electron chi connectivity index (χ4n) is 1.25. The monoisotopic (exact) mass is 256 g/mol. The second kappa shape index (κ2) is 16.2. The first-order valence-electron chi connectivity index (χ1n) is 7.05. The van der Waals surface area contributed by atoms with E-state index in [4.69, 9.17) is 0 Å². The molecule has 0 aliphatic rings. The van der Waals surface area contributed by atoms with Crippen LogP contribution in [0.25, 0.3) is 6.08 Å². The van der Waals surface area contributed by atoms with Gasteiger partial charge in [0.15, 0.2) is 0 Å². The lowest BCUT2D eigenvalue weighted by Gasteiger charge is -1.93. The van der Waals surface area contributed by atoms with E-state index in [0.717, 1.165) is 5.57 Å². The molecule has 1 aromatic rings. The minimum absolute atomic E-state index is 1.15. The van der Waals surface area contributed by atoms with Gasteiger partial charge in [0.25, 0.3) is 0 Å². The van der Waals surface area contributed by atoms with Crippen molar-refractivity contribution in [3.05, 3.63) is 78.4 Å². The molecule has 1 aromatic carbocycles. The van der Waals surface area contributed by atoms with Gasteiger partial charge in [0, 0.05) is 0 Å². The van der Waals surface area contributed by atoms with Crippen molar-refractivity contribution in [3.8, 4) is 0 Å². The van der Waals surface area contributed by atoms with Crippen molar-refractivity contribution in [1.82, 2.24) is 0 Å². The van der Waals surface area contributed by atoms with Crippen molar-refractivity contribution in [1.29, 1.82) is 0 Å². The maximum atomic E-state index is 3.69. The minimum Gasteiger partial charge on any atom is -0.0990 e. The Balaban J connectivity index is 0. The van der Waals surface area contributed by atoms with Crippen LogP contribution in [-0.2, 0) is 0 Å². The fraction of sp³-hybridized carbons (Fsp3) is 0.263. The maximum absolute atomic E-state index is 3.69. The van der Waals surface area contributed by atoms with E-state index < -0.39 is 0 Å². The summed E-state index contributed by atoms with van der Waals surface area (Å²) in [4.78, 5) is 0. The molecule has 0 bridgehead atoms. The zero-order valence-corrected chi connectivity index (χ0v) is 13.1. The van der Waals surface area contributed by atoms with Crippen LogP contribution in [0, 0.1) is 0 Å². The summed E-state index contributed by atoms with van der Waals surface area (Å²) in [7, 11) is 0. The molecule has 0 saturated carbocycles. The number of benzene rings is 1. The lowest BCUT2D eigenvalue weighted by molar-refractivity contribution is 1.50. The van der Waals surface area contributed by atoms with E-state index in [1.165, 1.54) is 5.56 Å². The molecule has 0 fully saturated rings. The molecule has 19 heavy (non-hydrogen) atoms. The predicted molar refractivity (Wildman–Crippen MR) is 91.3 cm³/mol. The van der Waals surface area contributed by atoms with Crippen LogP contribution >= 0.6 is 0 Å². The second-order valence-corrected chi connectivity index (χ2v) is 3.15. The minimum atomic E-state index is 1.15. The topological polar surface area (TPSA) is 0 Å². The zero-order chi connectivity index (χ0) is 14.9. The molecule has 1 rings (SSSR count). The largest absolute Gasteiger partial charge is 0.0990 e. The van der Waals surface area contributed by atoms with E-state index in [0.29, 0.717) is 0 Å². The Morgan fingerprint density at radius 3 is 2.00 bits per heavy atom. The lowest BCUT2D eigenvalue weighted by atomic mass is 10.1. The normalized spacial score (nSPS) is 10.5. The van der Waals surface area contributed by atoms with Crippen LogP contribution in [0.15, 0.2) is 72.9 Å². The summed E-state index contributed by atoms with van der Waals surface area (Å²) < 4.78 is 0. The van der Waals surface area contributed by atoms with Gasteiger partial charge in [-0.05, 0) is 18.1 Å². The van der Waals surface area contributed by atoms with Crippen LogP contribution in [0.1, 0.15) is 40.2 Å². The fourth-order valence-corrected chi connectivity index (χ4v) is 1.25. The van der Waals surface area contributed by atoms with Crippen molar-refractivity contribution in [2.24, 2.45) is 0 Å². The Labute approximate surface area is 119 Å². The Morgan fingerprint density at radius 1 is 0.947 bits per heavy atom. The summed E-state index contributed by atoms with van der Waals surface area (Å²) in [5.41, 5.74) is 2.35. The summed E-state index contributed by atoms with van der Waals surface area (Å²) in [6, 6.07) is 10.2. The first-order chi connectivity index (χ1) is 9.36. The molecule has 0 nitrogen and oxygen atoms in total. The Bertz CT molecular complexity index is 378. The first kappa shape index (κ1) is 19.5. The van der Waals surface area contributed by atoms with Crippen LogP contribution in [0.2, 0.25) is 0 Å². The number of rotatable bonds is 4. The molecular weight excluding hydrogens is 228 g/mol. The van der Waals surface area contributed by atoms with Gasteiger partial charge in [0.05, 0.1) is 0 Å². The first-order valence-corrected chi connectivity index (χ1v) is 7.05. The molecule has 0 aliphatic carbocycles. The van der Waals surface area contributed by atoms with E-state index in [-0.39, 0.29) is 0 Å². The van der Waals surface area contributed by atoms with Crippen LogP contribution in [-0.4, -0.2) is 0 Å². The van der Waals surface area contributed by atoms with Crippen molar-refractivity contribution >= 4 is 6.08 Å². The molecule has 0 unspecified atom stereocenters. The molecule has 0 radical (unpaired) electrons. The molecular formula is C19H28. The Kier molecular flexibility index (Phi) is 16.6. The standard InChI is InChI=1S/C15H16.2C2H6/c1-3-8-14(9-4-2)12-13-15-10-6-5-7-11-15;2*1-2/h3-13H,1H2,2H3;2*1-2H3/b9-4-,13-12+,14-8+;;. The highest BCUT2D eigenvalue weighted by molar-refractivity contribution is 5.54. The third-order valence-corrected chi connectivity index (χ3v) is 1.94. The number of hydrogen-bond donors (Lipinski definition) is 0. The van der Waals surface area contributed by atoms with E-state index in [2.05, 4.69) is 36.9 Å². The molecule has 0 N–H and O–H groups in total. The van der Waals surface area contributed by atoms with E-state index in [1.807, 2.05) is 65.0 Å². The van der Waals surface area contributed by atoms with E-state index in [1.54, 1.807) is 6.08 Å². The number of hydrogen-bond acceptors (Lipinski definition) is 0. The van der Waals surface area contributed by atoms with Gasteiger partial charge in [-0.25, -0.2) is 0 Å². The van der Waals surface area contributed by atoms with Crippen LogP contribution < -0.4 is 0 Å². The molecule has 0 saturated heterocycles. The van der Waals surface area contributed by atoms with Crippen molar-refractivity contribution < 1.29 is 0 Å². The smallest absolute Gasteiger partial charge is 0.0256 e. The molecule has 104 valence electrons. The SMILES string of the molecule is C=C/C=C(\C=C/C)/C=C/c1ccccc1.CC.CC.